The Bertz CT molecular complexity index is 759. The van der Waals surface area contributed by atoms with E-state index in [2.05, 4.69) is 12.1 Å². The number of benzene rings is 2. The molecule has 0 aliphatic carbocycles. The highest BCUT2D eigenvalue weighted by atomic mass is 16.5. The second-order valence-corrected chi connectivity index (χ2v) is 6.88. The van der Waals surface area contributed by atoms with E-state index in [4.69, 9.17) is 4.74 Å². The molecule has 1 N–H and O–H groups in total. The first-order valence-electron chi connectivity index (χ1n) is 9.00. The van der Waals surface area contributed by atoms with Gasteiger partial charge in [-0.1, -0.05) is 36.4 Å². The number of phenols is 1. The average molecular weight is 337 g/mol. The highest BCUT2D eigenvalue weighted by Gasteiger charge is 2.34. The molecule has 4 rings (SSSR count). The number of hydrogen-bond donors (Lipinski definition) is 1. The second kappa shape index (κ2) is 6.89. The Morgan fingerprint density at radius 3 is 2.56 bits per heavy atom. The van der Waals surface area contributed by atoms with E-state index in [9.17, 15) is 9.90 Å². The van der Waals surface area contributed by atoms with E-state index in [1.54, 1.807) is 6.07 Å². The fourth-order valence-corrected chi connectivity index (χ4v) is 3.87. The lowest BCUT2D eigenvalue weighted by Gasteiger charge is -2.24. The van der Waals surface area contributed by atoms with Gasteiger partial charge in [0.05, 0.1) is 6.10 Å². The molecule has 1 fully saturated rings. The minimum atomic E-state index is -0.333. The lowest BCUT2D eigenvalue weighted by molar-refractivity contribution is -0.143. The summed E-state index contributed by atoms with van der Waals surface area (Å²) in [4.78, 5) is 14.8. The van der Waals surface area contributed by atoms with Crippen molar-refractivity contribution in [2.24, 2.45) is 0 Å². The zero-order chi connectivity index (χ0) is 17.2. The molecule has 0 unspecified atom stereocenters. The molecule has 4 heteroatoms. The van der Waals surface area contributed by atoms with Gasteiger partial charge in [0.2, 0.25) is 0 Å². The summed E-state index contributed by atoms with van der Waals surface area (Å²) in [6.07, 6.45) is 2.97. The number of rotatable bonds is 2. The van der Waals surface area contributed by atoms with Crippen LogP contribution in [0.25, 0.3) is 0 Å². The van der Waals surface area contributed by atoms with Crippen LogP contribution in [0.3, 0.4) is 0 Å². The molecule has 130 valence electrons. The molecule has 2 aliphatic heterocycles. The maximum atomic E-state index is 12.9. The summed E-state index contributed by atoms with van der Waals surface area (Å²) >= 11 is 0. The molecule has 2 aliphatic rings. The van der Waals surface area contributed by atoms with Crippen LogP contribution in [0.1, 0.15) is 35.6 Å². The first-order chi connectivity index (χ1) is 12.2. The number of hydrogen-bond acceptors (Lipinski definition) is 3. The number of phenolic OH excluding ortho intramolecular Hbond substituents is 1. The predicted molar refractivity (Wildman–Crippen MR) is 95.4 cm³/mol. The van der Waals surface area contributed by atoms with Crippen LogP contribution in [0.15, 0.2) is 48.5 Å². The molecule has 2 aromatic carbocycles. The predicted octanol–water partition coefficient (Wildman–Crippen LogP) is 3.24. The van der Waals surface area contributed by atoms with Crippen molar-refractivity contribution < 1.29 is 14.6 Å². The van der Waals surface area contributed by atoms with Gasteiger partial charge in [0.25, 0.3) is 5.91 Å². The Labute approximate surface area is 148 Å². The smallest absolute Gasteiger partial charge is 0.251 e. The summed E-state index contributed by atoms with van der Waals surface area (Å²) in [6, 6.07) is 15.6. The van der Waals surface area contributed by atoms with Gasteiger partial charge in [0, 0.05) is 13.1 Å². The number of carbonyl (C=O) groups excluding carboxylic acids is 1. The SMILES string of the molecule is O=C([C@H]1CC[C@@H](c2ccccc2)O1)N1CCc2ccc(O)cc2CC1. The third-order valence-electron chi connectivity index (χ3n) is 5.27. The molecular weight excluding hydrogens is 314 g/mol. The van der Waals surface area contributed by atoms with Crippen LogP contribution in [0, 0.1) is 0 Å². The van der Waals surface area contributed by atoms with E-state index < -0.39 is 0 Å². The molecule has 0 aromatic heterocycles. The summed E-state index contributed by atoms with van der Waals surface area (Å²) in [6.45, 7) is 1.40. The second-order valence-electron chi connectivity index (χ2n) is 6.88. The van der Waals surface area contributed by atoms with Crippen molar-refractivity contribution in [2.75, 3.05) is 13.1 Å². The van der Waals surface area contributed by atoms with Crippen LogP contribution < -0.4 is 0 Å². The zero-order valence-electron chi connectivity index (χ0n) is 14.2. The molecule has 0 spiro atoms. The maximum Gasteiger partial charge on any atom is 0.251 e. The fourth-order valence-electron chi connectivity index (χ4n) is 3.87. The molecule has 4 nitrogen and oxygen atoms in total. The van der Waals surface area contributed by atoms with E-state index in [1.807, 2.05) is 35.2 Å². The normalized spacial score (nSPS) is 23.1. The van der Waals surface area contributed by atoms with Crippen molar-refractivity contribution in [3.8, 4) is 5.75 Å². The molecule has 25 heavy (non-hydrogen) atoms. The Balaban J connectivity index is 1.41. The van der Waals surface area contributed by atoms with Crippen LogP contribution in [-0.4, -0.2) is 35.1 Å². The van der Waals surface area contributed by atoms with Crippen LogP contribution in [0.5, 0.6) is 5.75 Å². The first kappa shape index (κ1) is 16.2. The van der Waals surface area contributed by atoms with Gasteiger partial charge in [-0.2, -0.15) is 0 Å². The molecule has 2 aromatic rings. The van der Waals surface area contributed by atoms with Crippen LogP contribution in [-0.2, 0) is 22.4 Å². The highest BCUT2D eigenvalue weighted by molar-refractivity contribution is 5.81. The molecule has 2 atom stereocenters. The third kappa shape index (κ3) is 3.40. The minimum absolute atomic E-state index is 0.0243. The van der Waals surface area contributed by atoms with Gasteiger partial charge in [0.15, 0.2) is 0 Å². The van der Waals surface area contributed by atoms with Crippen molar-refractivity contribution in [3.63, 3.8) is 0 Å². The Hall–Kier alpha value is -2.33. The van der Waals surface area contributed by atoms with E-state index >= 15 is 0 Å². The van der Waals surface area contributed by atoms with Gasteiger partial charge < -0.3 is 14.7 Å². The Morgan fingerprint density at radius 1 is 1.00 bits per heavy atom. The van der Waals surface area contributed by atoms with Crippen molar-refractivity contribution >= 4 is 5.91 Å². The number of nitrogens with zero attached hydrogens (tertiary/aromatic N) is 1. The van der Waals surface area contributed by atoms with Gasteiger partial charge in [0.1, 0.15) is 11.9 Å². The third-order valence-corrected chi connectivity index (χ3v) is 5.27. The van der Waals surface area contributed by atoms with E-state index in [0.29, 0.717) is 18.8 Å². The van der Waals surface area contributed by atoms with Gasteiger partial charge in [-0.05, 0) is 54.5 Å². The number of amides is 1. The summed E-state index contributed by atoms with van der Waals surface area (Å²) in [5.41, 5.74) is 3.52. The molecule has 0 radical (unpaired) electrons. The largest absolute Gasteiger partial charge is 0.508 e. The van der Waals surface area contributed by atoms with E-state index in [0.717, 1.165) is 36.8 Å². The van der Waals surface area contributed by atoms with Gasteiger partial charge in [-0.3, -0.25) is 4.79 Å². The standard InChI is InChI=1S/C21H23NO3/c23-18-7-6-15-10-12-22(13-11-17(15)14-18)21(24)20-9-8-19(25-20)16-4-2-1-3-5-16/h1-7,14,19-20,23H,8-13H2/t19-,20+/m0/s1. The monoisotopic (exact) mass is 337 g/mol. The summed E-state index contributed by atoms with van der Waals surface area (Å²) < 4.78 is 6.07. The van der Waals surface area contributed by atoms with Crippen molar-refractivity contribution in [1.82, 2.24) is 4.90 Å². The van der Waals surface area contributed by atoms with Crippen LogP contribution in [0.2, 0.25) is 0 Å². The zero-order valence-corrected chi connectivity index (χ0v) is 14.2. The highest BCUT2D eigenvalue weighted by Crippen LogP contribution is 2.33. The summed E-state index contributed by atoms with van der Waals surface area (Å²) in [7, 11) is 0. The summed E-state index contributed by atoms with van der Waals surface area (Å²) in [5.74, 6) is 0.402. The number of aromatic hydroxyl groups is 1. The quantitative estimate of drug-likeness (QED) is 0.915. The number of fused-ring (bicyclic) bond motifs is 1. The fraction of sp³-hybridized carbons (Fsp3) is 0.381. The first-order valence-corrected chi connectivity index (χ1v) is 9.00. The lowest BCUT2D eigenvalue weighted by atomic mass is 10.0. The maximum absolute atomic E-state index is 12.9. The summed E-state index contributed by atoms with van der Waals surface area (Å²) in [5, 5.41) is 9.66. The van der Waals surface area contributed by atoms with Crippen LogP contribution >= 0.6 is 0 Å². The number of carbonyl (C=O) groups is 1. The molecule has 1 saturated heterocycles. The Kier molecular flexibility index (Phi) is 4.45. The van der Waals surface area contributed by atoms with Crippen LogP contribution in [0.4, 0.5) is 0 Å². The van der Waals surface area contributed by atoms with Gasteiger partial charge in [-0.15, -0.1) is 0 Å². The molecule has 0 saturated carbocycles. The molecule has 0 bridgehead atoms. The number of ether oxygens (including phenoxy) is 1. The van der Waals surface area contributed by atoms with Crippen molar-refractivity contribution in [1.29, 1.82) is 0 Å². The lowest BCUT2D eigenvalue weighted by Crippen LogP contribution is -2.40. The van der Waals surface area contributed by atoms with Gasteiger partial charge in [-0.25, -0.2) is 0 Å². The van der Waals surface area contributed by atoms with Crippen molar-refractivity contribution in [2.45, 2.75) is 37.9 Å². The molecular formula is C21H23NO3. The Morgan fingerprint density at radius 2 is 1.76 bits per heavy atom. The van der Waals surface area contributed by atoms with E-state index in [-0.39, 0.29) is 18.1 Å². The average Bonchev–Trinajstić information content (AvgIpc) is 3.04. The van der Waals surface area contributed by atoms with Crippen molar-refractivity contribution in [3.05, 3.63) is 65.2 Å². The molecule has 1 amide bonds. The minimum Gasteiger partial charge on any atom is -0.508 e. The van der Waals surface area contributed by atoms with Gasteiger partial charge >= 0.3 is 0 Å². The topological polar surface area (TPSA) is 49.8 Å². The molecule has 2 heterocycles. The van der Waals surface area contributed by atoms with E-state index in [1.165, 1.54) is 5.56 Å².